The molecule has 2 unspecified atom stereocenters. The summed E-state index contributed by atoms with van der Waals surface area (Å²) >= 11 is 0. The summed E-state index contributed by atoms with van der Waals surface area (Å²) in [6.07, 6.45) is 47.1. The fourth-order valence-corrected chi connectivity index (χ4v) is 4.64. The van der Waals surface area contributed by atoms with Gasteiger partial charge >= 0.3 is 23.1 Å². The van der Waals surface area contributed by atoms with E-state index < -0.39 is 11.9 Å². The van der Waals surface area contributed by atoms with Crippen molar-refractivity contribution in [1.82, 2.24) is 0 Å². The SMILES string of the molecule is CC/C=C\C/C=C\C/C=C\CCCCCCC(CC)C(=O)[O-].CC/C=C\C/C=C\C/C=C\CCCCCCC(CC)C(=O)[O-].[Mg+2]. The van der Waals surface area contributed by atoms with E-state index in [1.807, 2.05) is 13.8 Å². The summed E-state index contributed by atoms with van der Waals surface area (Å²) < 4.78 is 0. The Hall–Kier alpha value is -1.85. The molecule has 0 aromatic rings. The molecule has 0 amide bonds. The zero-order valence-electron chi connectivity index (χ0n) is 29.6. The van der Waals surface area contributed by atoms with E-state index in [2.05, 4.69) is 86.8 Å². The van der Waals surface area contributed by atoms with E-state index in [0.717, 1.165) is 89.9 Å². The summed E-state index contributed by atoms with van der Waals surface area (Å²) in [4.78, 5) is 21.5. The van der Waals surface area contributed by atoms with Crippen molar-refractivity contribution < 1.29 is 19.8 Å². The van der Waals surface area contributed by atoms with Gasteiger partial charge in [0.05, 0.1) is 0 Å². The van der Waals surface area contributed by atoms with Gasteiger partial charge in [-0.3, -0.25) is 0 Å². The summed E-state index contributed by atoms with van der Waals surface area (Å²) in [5, 5.41) is 21.5. The molecule has 0 aromatic carbocycles. The van der Waals surface area contributed by atoms with Gasteiger partial charge in [0.1, 0.15) is 0 Å². The van der Waals surface area contributed by atoms with E-state index >= 15 is 0 Å². The third kappa shape index (κ3) is 38.2. The Labute approximate surface area is 294 Å². The van der Waals surface area contributed by atoms with Crippen LogP contribution in [0.2, 0.25) is 0 Å². The van der Waals surface area contributed by atoms with Crippen molar-refractivity contribution in [2.75, 3.05) is 0 Å². The normalized spacial score (nSPS) is 13.2. The van der Waals surface area contributed by atoms with Crippen molar-refractivity contribution in [3.8, 4) is 0 Å². The fourth-order valence-electron chi connectivity index (χ4n) is 4.64. The van der Waals surface area contributed by atoms with Gasteiger partial charge in [-0.05, 0) is 102 Å². The first-order valence-electron chi connectivity index (χ1n) is 17.8. The van der Waals surface area contributed by atoms with Crippen LogP contribution in [-0.2, 0) is 9.59 Å². The number of carbonyl (C=O) groups excluding carboxylic acids is 2. The summed E-state index contributed by atoms with van der Waals surface area (Å²) in [6, 6.07) is 0. The molecule has 0 aliphatic heterocycles. The first-order valence-corrected chi connectivity index (χ1v) is 17.8. The second kappa shape index (κ2) is 40.2. The van der Waals surface area contributed by atoms with Gasteiger partial charge in [-0.15, -0.1) is 0 Å². The van der Waals surface area contributed by atoms with Crippen LogP contribution in [0.15, 0.2) is 72.9 Å². The van der Waals surface area contributed by atoms with Crippen LogP contribution < -0.4 is 10.2 Å². The number of carboxylic acids is 2. The Kier molecular flexibility index (Phi) is 42.4. The van der Waals surface area contributed by atoms with E-state index in [1.165, 1.54) is 25.7 Å². The predicted molar refractivity (Wildman–Crippen MR) is 193 cm³/mol. The number of allylic oxidation sites excluding steroid dienone is 12. The van der Waals surface area contributed by atoms with Crippen LogP contribution in [0, 0.1) is 11.8 Å². The molecule has 0 aliphatic rings. The quantitative estimate of drug-likeness (QED) is 0.0487. The van der Waals surface area contributed by atoms with Crippen molar-refractivity contribution in [2.24, 2.45) is 11.8 Å². The molecule has 0 aliphatic carbocycles. The Morgan fingerprint density at radius 3 is 1.02 bits per heavy atom. The molecule has 0 heterocycles. The van der Waals surface area contributed by atoms with Crippen LogP contribution in [0.5, 0.6) is 0 Å². The zero-order chi connectivity index (χ0) is 32.9. The molecular formula is C40H66MgO4. The Balaban J connectivity index is -0.000000767. The fraction of sp³-hybridized carbons (Fsp3) is 0.650. The Morgan fingerprint density at radius 2 is 0.733 bits per heavy atom. The van der Waals surface area contributed by atoms with Gasteiger partial charge in [0.2, 0.25) is 0 Å². The number of carbonyl (C=O) groups is 2. The molecule has 0 aromatic heterocycles. The molecule has 5 heteroatoms. The molecule has 0 saturated heterocycles. The molecule has 0 bridgehead atoms. The summed E-state index contributed by atoms with van der Waals surface area (Å²) in [6.45, 7) is 8.13. The van der Waals surface area contributed by atoms with E-state index in [4.69, 9.17) is 0 Å². The first kappa shape index (κ1) is 47.6. The molecule has 0 spiro atoms. The topological polar surface area (TPSA) is 80.3 Å². The maximum absolute atomic E-state index is 10.8. The first-order chi connectivity index (χ1) is 21.4. The van der Waals surface area contributed by atoms with E-state index in [-0.39, 0.29) is 34.9 Å². The largest absolute Gasteiger partial charge is 2.00 e. The zero-order valence-corrected chi connectivity index (χ0v) is 31.0. The number of unbranched alkanes of at least 4 members (excludes halogenated alkanes) is 8. The molecule has 0 rings (SSSR count). The molecule has 0 fully saturated rings. The molecule has 0 N–H and O–H groups in total. The average molecular weight is 635 g/mol. The monoisotopic (exact) mass is 634 g/mol. The van der Waals surface area contributed by atoms with Crippen molar-refractivity contribution in [1.29, 1.82) is 0 Å². The van der Waals surface area contributed by atoms with Crippen LogP contribution in [0.3, 0.4) is 0 Å². The van der Waals surface area contributed by atoms with Crippen LogP contribution in [0.4, 0.5) is 0 Å². The second-order valence-corrected chi connectivity index (χ2v) is 11.4. The minimum Gasteiger partial charge on any atom is -0.550 e. The third-order valence-corrected chi connectivity index (χ3v) is 7.56. The molecule has 45 heavy (non-hydrogen) atoms. The van der Waals surface area contributed by atoms with Gasteiger partial charge in [0, 0.05) is 11.9 Å². The van der Waals surface area contributed by atoms with Crippen molar-refractivity contribution >= 4 is 35.0 Å². The summed E-state index contributed by atoms with van der Waals surface area (Å²) in [5.41, 5.74) is 0. The number of rotatable bonds is 28. The average Bonchev–Trinajstić information content (AvgIpc) is 3.01. The van der Waals surface area contributed by atoms with Crippen molar-refractivity contribution in [3.05, 3.63) is 72.9 Å². The van der Waals surface area contributed by atoms with Crippen molar-refractivity contribution in [2.45, 2.75) is 156 Å². The number of carboxylic acid groups (broad SMARTS) is 2. The maximum atomic E-state index is 10.8. The van der Waals surface area contributed by atoms with E-state index in [0.29, 0.717) is 12.8 Å². The Morgan fingerprint density at radius 1 is 0.444 bits per heavy atom. The molecule has 252 valence electrons. The van der Waals surface area contributed by atoms with Crippen molar-refractivity contribution in [3.63, 3.8) is 0 Å². The van der Waals surface area contributed by atoms with Gasteiger partial charge in [-0.25, -0.2) is 0 Å². The minimum absolute atomic E-state index is 0. The Bertz CT molecular complexity index is 754. The van der Waals surface area contributed by atoms with Gasteiger partial charge in [0.25, 0.3) is 0 Å². The van der Waals surface area contributed by atoms with Crippen LogP contribution >= 0.6 is 0 Å². The molecule has 0 radical (unpaired) electrons. The smallest absolute Gasteiger partial charge is 0.550 e. The van der Waals surface area contributed by atoms with Gasteiger partial charge in [0.15, 0.2) is 0 Å². The molecular weight excluding hydrogens is 569 g/mol. The van der Waals surface area contributed by atoms with Gasteiger partial charge in [-0.2, -0.15) is 0 Å². The van der Waals surface area contributed by atoms with Crippen LogP contribution in [0.25, 0.3) is 0 Å². The third-order valence-electron chi connectivity index (χ3n) is 7.56. The number of hydrogen-bond acceptors (Lipinski definition) is 4. The molecule has 0 saturated carbocycles. The van der Waals surface area contributed by atoms with Gasteiger partial charge in [-0.1, -0.05) is 139 Å². The predicted octanol–water partition coefficient (Wildman–Crippen LogP) is 9.54. The molecule has 2 atom stereocenters. The second-order valence-electron chi connectivity index (χ2n) is 11.4. The number of aliphatic carboxylic acids is 2. The van der Waals surface area contributed by atoms with Gasteiger partial charge < -0.3 is 19.8 Å². The van der Waals surface area contributed by atoms with Crippen LogP contribution in [-0.4, -0.2) is 35.0 Å². The summed E-state index contributed by atoms with van der Waals surface area (Å²) in [5.74, 6) is -2.27. The minimum atomic E-state index is -0.885. The van der Waals surface area contributed by atoms with E-state index in [9.17, 15) is 19.8 Å². The van der Waals surface area contributed by atoms with E-state index in [1.54, 1.807) is 0 Å². The number of hydrogen-bond donors (Lipinski definition) is 0. The summed E-state index contributed by atoms with van der Waals surface area (Å²) in [7, 11) is 0. The molecule has 4 nitrogen and oxygen atoms in total. The van der Waals surface area contributed by atoms with Crippen LogP contribution in [0.1, 0.15) is 156 Å². The maximum Gasteiger partial charge on any atom is 2.00 e. The standard InChI is InChI=1S/2C20H34O2.Mg/c2*1-3-5-6-7-8-9-10-11-12-13-14-15-16-17-18-19(4-2)20(21)22;/h2*5-6,8-9,11-12,19H,3-4,7,10,13-18H2,1-2H3,(H,21,22);/q;;+2/p-2/b2*6-5-,9-8-,12-11-;.